The lowest BCUT2D eigenvalue weighted by molar-refractivity contribution is 0.252. The molecule has 0 aliphatic carbocycles. The average Bonchev–Trinajstić information content (AvgIpc) is 2.35. The molecule has 0 atom stereocenters. The molecule has 7 heteroatoms. The molecule has 0 saturated heterocycles. The lowest BCUT2D eigenvalue weighted by Crippen LogP contribution is -2.13. The van der Waals surface area contributed by atoms with Crippen LogP contribution in [0.1, 0.15) is 12.8 Å². The Bertz CT molecular complexity index is 402. The van der Waals surface area contributed by atoms with E-state index < -0.39 is 5.76 Å². The fraction of sp³-hybridized carbons (Fsp3) is 0.364. The lowest BCUT2D eigenvalue weighted by Gasteiger charge is -2.10. The highest BCUT2D eigenvalue weighted by atomic mass is 32.2. The third-order valence-corrected chi connectivity index (χ3v) is 2.94. The van der Waals surface area contributed by atoms with Crippen LogP contribution in [0.5, 0.6) is 0 Å². The summed E-state index contributed by atoms with van der Waals surface area (Å²) in [7, 11) is 0. The minimum atomic E-state index is -2.44. The molecule has 0 amide bonds. The van der Waals surface area contributed by atoms with Gasteiger partial charge in [-0.25, -0.2) is 0 Å². The summed E-state index contributed by atoms with van der Waals surface area (Å²) in [5.41, 5.74) is 5.99. The first-order valence-electron chi connectivity index (χ1n) is 5.37. The molecule has 0 fully saturated rings. The smallest absolute Gasteiger partial charge is 0.288 e. The zero-order valence-electron chi connectivity index (χ0n) is 9.64. The van der Waals surface area contributed by atoms with E-state index in [9.17, 15) is 8.78 Å². The summed E-state index contributed by atoms with van der Waals surface area (Å²) in [6.45, 7) is 0.566. The Morgan fingerprint density at radius 2 is 2.17 bits per heavy atom. The van der Waals surface area contributed by atoms with Gasteiger partial charge in [0.05, 0.1) is 0 Å². The molecule has 1 aromatic rings. The molecule has 0 heterocycles. The van der Waals surface area contributed by atoms with E-state index in [0.29, 0.717) is 41.7 Å². The lowest BCUT2D eigenvalue weighted by atomic mass is 10.2. The monoisotopic (exact) mass is 275 g/mol. The zero-order valence-corrected chi connectivity index (χ0v) is 10.5. The fourth-order valence-electron chi connectivity index (χ4n) is 1.35. The third kappa shape index (κ3) is 5.22. The van der Waals surface area contributed by atoms with Gasteiger partial charge in [0.1, 0.15) is 5.84 Å². The van der Waals surface area contributed by atoms with Gasteiger partial charge < -0.3 is 16.3 Å². The number of benzene rings is 1. The third-order valence-electron chi connectivity index (χ3n) is 2.16. The van der Waals surface area contributed by atoms with E-state index >= 15 is 0 Å². The molecule has 0 aromatic heterocycles. The van der Waals surface area contributed by atoms with Crippen molar-refractivity contribution >= 4 is 23.3 Å². The van der Waals surface area contributed by atoms with Crippen LogP contribution in [-0.4, -0.2) is 23.3 Å². The van der Waals surface area contributed by atoms with Crippen molar-refractivity contribution in [3.05, 3.63) is 24.3 Å². The SMILES string of the molecule is NC(CCCNc1ccccc1SC(F)F)=NO. The summed E-state index contributed by atoms with van der Waals surface area (Å²) in [5.74, 6) is -2.28. The van der Waals surface area contributed by atoms with Gasteiger partial charge in [-0.05, 0) is 18.6 Å². The van der Waals surface area contributed by atoms with Gasteiger partial charge in [-0.3, -0.25) is 0 Å². The van der Waals surface area contributed by atoms with E-state index in [-0.39, 0.29) is 5.84 Å². The molecule has 0 saturated carbocycles. The van der Waals surface area contributed by atoms with Crippen molar-refractivity contribution in [2.24, 2.45) is 10.9 Å². The maximum Gasteiger partial charge on any atom is 0.288 e. The van der Waals surface area contributed by atoms with E-state index in [4.69, 9.17) is 10.9 Å². The number of alkyl halides is 2. The highest BCUT2D eigenvalue weighted by Crippen LogP contribution is 2.31. The van der Waals surface area contributed by atoms with Crippen LogP contribution in [0.4, 0.5) is 14.5 Å². The number of nitrogens with two attached hydrogens (primary N) is 1. The molecule has 1 aromatic carbocycles. The van der Waals surface area contributed by atoms with Gasteiger partial charge in [-0.15, -0.1) is 0 Å². The average molecular weight is 275 g/mol. The van der Waals surface area contributed by atoms with E-state index in [0.717, 1.165) is 0 Å². The van der Waals surface area contributed by atoms with E-state index in [1.54, 1.807) is 24.3 Å². The number of hydrogen-bond acceptors (Lipinski definition) is 4. The van der Waals surface area contributed by atoms with Crippen molar-refractivity contribution in [1.82, 2.24) is 0 Å². The molecule has 0 aliphatic heterocycles. The molecule has 0 spiro atoms. The van der Waals surface area contributed by atoms with Crippen molar-refractivity contribution in [3.8, 4) is 0 Å². The van der Waals surface area contributed by atoms with Crippen LogP contribution >= 0.6 is 11.8 Å². The molecule has 100 valence electrons. The van der Waals surface area contributed by atoms with E-state index in [1.807, 2.05) is 0 Å². The van der Waals surface area contributed by atoms with Crippen molar-refractivity contribution in [1.29, 1.82) is 0 Å². The Balaban J connectivity index is 2.46. The number of amidine groups is 1. The van der Waals surface area contributed by atoms with Gasteiger partial charge in [0, 0.05) is 23.5 Å². The molecule has 0 aliphatic rings. The largest absolute Gasteiger partial charge is 0.409 e. The van der Waals surface area contributed by atoms with Crippen LogP contribution in [0.15, 0.2) is 34.3 Å². The molecule has 0 radical (unpaired) electrons. The quantitative estimate of drug-likeness (QED) is 0.179. The first-order chi connectivity index (χ1) is 8.63. The van der Waals surface area contributed by atoms with Crippen molar-refractivity contribution in [2.75, 3.05) is 11.9 Å². The van der Waals surface area contributed by atoms with Gasteiger partial charge >= 0.3 is 0 Å². The number of anilines is 1. The summed E-state index contributed by atoms with van der Waals surface area (Å²) in [6, 6.07) is 6.88. The summed E-state index contributed by atoms with van der Waals surface area (Å²) >= 11 is 0.510. The number of nitrogens with one attached hydrogen (secondary N) is 1. The van der Waals surface area contributed by atoms with Gasteiger partial charge in [0.15, 0.2) is 0 Å². The second-order valence-corrected chi connectivity index (χ2v) is 4.53. The Morgan fingerprint density at radius 1 is 1.44 bits per heavy atom. The van der Waals surface area contributed by atoms with Crippen LogP contribution in [0.2, 0.25) is 0 Å². The summed E-state index contributed by atoms with van der Waals surface area (Å²) in [6.07, 6.45) is 1.11. The van der Waals surface area contributed by atoms with Crippen molar-refractivity contribution < 1.29 is 14.0 Å². The number of rotatable bonds is 7. The van der Waals surface area contributed by atoms with Gasteiger partial charge in [0.2, 0.25) is 0 Å². The number of nitrogens with zero attached hydrogens (tertiary/aromatic N) is 1. The Morgan fingerprint density at radius 3 is 2.83 bits per heavy atom. The van der Waals surface area contributed by atoms with Gasteiger partial charge in [-0.2, -0.15) is 8.78 Å². The molecular formula is C11H15F2N3OS. The van der Waals surface area contributed by atoms with Crippen LogP contribution in [-0.2, 0) is 0 Å². The topological polar surface area (TPSA) is 70.6 Å². The Hall–Kier alpha value is -1.50. The molecule has 0 unspecified atom stereocenters. The molecule has 4 N–H and O–H groups in total. The molecular weight excluding hydrogens is 260 g/mol. The predicted octanol–water partition coefficient (Wildman–Crippen LogP) is 2.94. The van der Waals surface area contributed by atoms with Crippen molar-refractivity contribution in [3.63, 3.8) is 0 Å². The van der Waals surface area contributed by atoms with Crippen LogP contribution in [0, 0.1) is 0 Å². The molecule has 0 bridgehead atoms. The van der Waals surface area contributed by atoms with E-state index in [1.165, 1.54) is 0 Å². The van der Waals surface area contributed by atoms with Gasteiger partial charge in [0.25, 0.3) is 5.76 Å². The standard InChI is InChI=1S/C11H15F2N3OS/c12-11(13)18-9-5-2-1-4-8(9)15-7-3-6-10(14)16-17/h1-2,4-5,11,15,17H,3,6-7H2,(H2,14,16). The second-order valence-electron chi connectivity index (χ2n) is 3.50. The Labute approximate surface area is 108 Å². The predicted molar refractivity (Wildman–Crippen MR) is 69.4 cm³/mol. The molecule has 4 nitrogen and oxygen atoms in total. The summed E-state index contributed by atoms with van der Waals surface area (Å²) in [5, 5.41) is 14.3. The van der Waals surface area contributed by atoms with E-state index in [2.05, 4.69) is 10.5 Å². The Kier molecular flexibility index (Phi) is 6.27. The number of hydrogen-bond donors (Lipinski definition) is 3. The first kappa shape index (κ1) is 14.6. The first-order valence-corrected chi connectivity index (χ1v) is 6.25. The number of para-hydroxylation sites is 1. The maximum absolute atomic E-state index is 12.3. The zero-order chi connectivity index (χ0) is 13.4. The number of halogens is 2. The normalized spacial score (nSPS) is 11.8. The number of oxime groups is 1. The second kappa shape index (κ2) is 7.75. The van der Waals surface area contributed by atoms with Gasteiger partial charge in [-0.1, -0.05) is 29.1 Å². The van der Waals surface area contributed by atoms with Crippen LogP contribution in [0.3, 0.4) is 0 Å². The maximum atomic E-state index is 12.3. The van der Waals surface area contributed by atoms with Crippen molar-refractivity contribution in [2.45, 2.75) is 23.5 Å². The molecule has 1 rings (SSSR count). The molecule has 18 heavy (non-hydrogen) atoms. The summed E-state index contributed by atoms with van der Waals surface area (Å²) in [4.78, 5) is 0.510. The number of thioether (sulfide) groups is 1. The highest BCUT2D eigenvalue weighted by Gasteiger charge is 2.08. The highest BCUT2D eigenvalue weighted by molar-refractivity contribution is 7.99. The fourth-order valence-corrected chi connectivity index (χ4v) is 1.97. The minimum Gasteiger partial charge on any atom is -0.409 e. The van der Waals surface area contributed by atoms with Crippen LogP contribution in [0.25, 0.3) is 0 Å². The summed E-state index contributed by atoms with van der Waals surface area (Å²) < 4.78 is 24.6. The minimum absolute atomic E-state index is 0.159. The van der Waals surface area contributed by atoms with Crippen LogP contribution < -0.4 is 11.1 Å².